The number of hydrogen-bond donors (Lipinski definition) is 1. The average Bonchev–Trinajstić information content (AvgIpc) is 2.60. The number of aliphatic hydroxyl groups excluding tert-OH is 1. The monoisotopic (exact) mass is 243 g/mol. The zero-order chi connectivity index (χ0) is 13.1. The summed E-state index contributed by atoms with van der Waals surface area (Å²) >= 11 is 0. The van der Waals surface area contributed by atoms with E-state index >= 15 is 0 Å². The highest BCUT2D eigenvalue weighted by Crippen LogP contribution is 2.24. The van der Waals surface area contributed by atoms with Crippen molar-refractivity contribution in [1.29, 1.82) is 0 Å². The van der Waals surface area contributed by atoms with Gasteiger partial charge in [-0.1, -0.05) is 13.3 Å². The number of carbonyl (C=O) groups is 1. The van der Waals surface area contributed by atoms with Crippen molar-refractivity contribution in [3.63, 3.8) is 0 Å². The van der Waals surface area contributed by atoms with E-state index in [-0.39, 0.29) is 5.91 Å². The number of methoxy groups -OCH3 is 1. The Hall–Kier alpha value is -0.610. The van der Waals surface area contributed by atoms with Crippen molar-refractivity contribution in [1.82, 2.24) is 4.90 Å². The summed E-state index contributed by atoms with van der Waals surface area (Å²) in [6.45, 7) is 6.96. The Balaban J connectivity index is 2.50. The minimum atomic E-state index is -0.642. The van der Waals surface area contributed by atoms with E-state index in [4.69, 9.17) is 4.74 Å². The number of ether oxygens (including phenoxy) is 1. The minimum absolute atomic E-state index is 0.161. The van der Waals surface area contributed by atoms with Crippen LogP contribution in [0.3, 0.4) is 0 Å². The van der Waals surface area contributed by atoms with Gasteiger partial charge < -0.3 is 14.7 Å². The Kier molecular flexibility index (Phi) is 4.95. The molecule has 0 aromatic carbocycles. The number of amides is 1. The van der Waals surface area contributed by atoms with Crippen LogP contribution in [0.4, 0.5) is 0 Å². The highest BCUT2D eigenvalue weighted by atomic mass is 16.5. The smallest absolute Gasteiger partial charge is 0.223 e. The first-order valence-corrected chi connectivity index (χ1v) is 6.41. The molecule has 1 fully saturated rings. The Morgan fingerprint density at radius 2 is 2.24 bits per heavy atom. The van der Waals surface area contributed by atoms with Gasteiger partial charge >= 0.3 is 0 Å². The van der Waals surface area contributed by atoms with E-state index in [1.165, 1.54) is 0 Å². The molecule has 1 heterocycles. The van der Waals surface area contributed by atoms with Crippen LogP contribution in [0.15, 0.2) is 0 Å². The molecule has 100 valence electrons. The molecular formula is C13H25NO3. The van der Waals surface area contributed by atoms with Gasteiger partial charge in [0.05, 0.1) is 11.7 Å². The van der Waals surface area contributed by atoms with Gasteiger partial charge in [0.15, 0.2) is 0 Å². The van der Waals surface area contributed by atoms with E-state index in [0.717, 1.165) is 19.4 Å². The molecule has 0 spiro atoms. The van der Waals surface area contributed by atoms with Crippen molar-refractivity contribution in [2.75, 3.05) is 20.2 Å². The Morgan fingerprint density at radius 1 is 1.59 bits per heavy atom. The van der Waals surface area contributed by atoms with Gasteiger partial charge in [0.1, 0.15) is 0 Å². The van der Waals surface area contributed by atoms with Crippen LogP contribution >= 0.6 is 0 Å². The van der Waals surface area contributed by atoms with Crippen LogP contribution < -0.4 is 0 Å². The van der Waals surface area contributed by atoms with E-state index in [1.807, 2.05) is 13.8 Å². The van der Waals surface area contributed by atoms with Gasteiger partial charge in [-0.25, -0.2) is 0 Å². The fourth-order valence-corrected chi connectivity index (χ4v) is 2.20. The summed E-state index contributed by atoms with van der Waals surface area (Å²) in [6.07, 6.45) is 2.19. The van der Waals surface area contributed by atoms with E-state index in [0.29, 0.717) is 18.9 Å². The largest absolute Gasteiger partial charge is 0.388 e. The van der Waals surface area contributed by atoms with E-state index in [1.54, 1.807) is 12.0 Å². The molecule has 17 heavy (non-hydrogen) atoms. The molecule has 0 aromatic rings. The number of likely N-dealkylation sites (tertiary alicyclic amines) is 1. The quantitative estimate of drug-likeness (QED) is 0.767. The molecule has 0 radical (unpaired) electrons. The Labute approximate surface area is 104 Å². The second kappa shape index (κ2) is 5.83. The Bertz CT molecular complexity index is 265. The average molecular weight is 243 g/mol. The molecule has 4 heteroatoms. The van der Waals surface area contributed by atoms with Crippen LogP contribution in [0.2, 0.25) is 0 Å². The van der Waals surface area contributed by atoms with Crippen molar-refractivity contribution in [2.24, 2.45) is 5.92 Å². The Morgan fingerprint density at radius 3 is 2.76 bits per heavy atom. The summed E-state index contributed by atoms with van der Waals surface area (Å²) in [7, 11) is 1.58. The molecule has 1 amide bonds. The molecule has 1 rings (SSSR count). The molecule has 1 N–H and O–H groups in total. The maximum atomic E-state index is 11.8. The molecule has 0 aromatic heterocycles. The summed E-state index contributed by atoms with van der Waals surface area (Å²) in [4.78, 5) is 13.6. The standard InChI is InChI=1S/C13H25NO3/c1-5-6-10-7-12(16)14(8-10)9-11(15)13(2,3)17-4/h10-11,15H,5-9H2,1-4H3. The predicted octanol–water partition coefficient (Wildman–Crippen LogP) is 1.42. The molecule has 0 bridgehead atoms. The lowest BCUT2D eigenvalue weighted by Gasteiger charge is -2.32. The minimum Gasteiger partial charge on any atom is -0.388 e. The number of aliphatic hydroxyl groups is 1. The van der Waals surface area contributed by atoms with Crippen LogP contribution in [0.1, 0.15) is 40.0 Å². The molecule has 1 aliphatic heterocycles. The van der Waals surface area contributed by atoms with Gasteiger partial charge in [0.2, 0.25) is 5.91 Å². The third-order valence-corrected chi connectivity index (χ3v) is 3.71. The summed E-state index contributed by atoms with van der Waals surface area (Å²) in [5, 5.41) is 10.1. The van der Waals surface area contributed by atoms with Gasteiger partial charge in [0, 0.05) is 26.6 Å². The predicted molar refractivity (Wildman–Crippen MR) is 66.7 cm³/mol. The second-order valence-electron chi connectivity index (χ2n) is 5.48. The molecule has 1 aliphatic rings. The zero-order valence-corrected chi connectivity index (χ0v) is 11.4. The van der Waals surface area contributed by atoms with Crippen molar-refractivity contribution in [3.8, 4) is 0 Å². The van der Waals surface area contributed by atoms with Gasteiger partial charge in [-0.2, -0.15) is 0 Å². The van der Waals surface area contributed by atoms with E-state index in [2.05, 4.69) is 6.92 Å². The maximum Gasteiger partial charge on any atom is 0.223 e. The van der Waals surface area contributed by atoms with Gasteiger partial charge in [-0.15, -0.1) is 0 Å². The molecule has 1 saturated heterocycles. The number of nitrogens with zero attached hydrogens (tertiary/aromatic N) is 1. The second-order valence-corrected chi connectivity index (χ2v) is 5.48. The topological polar surface area (TPSA) is 49.8 Å². The molecule has 0 saturated carbocycles. The first kappa shape index (κ1) is 14.5. The summed E-state index contributed by atoms with van der Waals surface area (Å²) in [6, 6.07) is 0. The zero-order valence-electron chi connectivity index (χ0n) is 11.4. The molecular weight excluding hydrogens is 218 g/mol. The lowest BCUT2D eigenvalue weighted by molar-refractivity contribution is -0.133. The SMILES string of the molecule is CCCC1CC(=O)N(CC(O)C(C)(C)OC)C1. The molecule has 4 nitrogen and oxygen atoms in total. The van der Waals surface area contributed by atoms with Gasteiger partial charge in [-0.3, -0.25) is 4.79 Å². The summed E-state index contributed by atoms with van der Waals surface area (Å²) < 4.78 is 5.23. The lowest BCUT2D eigenvalue weighted by Crippen LogP contribution is -2.46. The van der Waals surface area contributed by atoms with Gasteiger partial charge in [0.25, 0.3) is 0 Å². The van der Waals surface area contributed by atoms with Crippen LogP contribution in [-0.2, 0) is 9.53 Å². The third-order valence-electron chi connectivity index (χ3n) is 3.71. The number of carbonyl (C=O) groups excluding carboxylic acids is 1. The van der Waals surface area contributed by atoms with Crippen LogP contribution in [0.25, 0.3) is 0 Å². The molecule has 0 aliphatic carbocycles. The van der Waals surface area contributed by atoms with Crippen molar-refractivity contribution in [2.45, 2.75) is 51.7 Å². The van der Waals surface area contributed by atoms with Gasteiger partial charge in [-0.05, 0) is 26.2 Å². The van der Waals surface area contributed by atoms with E-state index < -0.39 is 11.7 Å². The van der Waals surface area contributed by atoms with Crippen LogP contribution in [-0.4, -0.2) is 47.8 Å². The highest BCUT2D eigenvalue weighted by Gasteiger charge is 2.34. The molecule has 2 atom stereocenters. The third kappa shape index (κ3) is 3.68. The van der Waals surface area contributed by atoms with Crippen molar-refractivity contribution < 1.29 is 14.6 Å². The number of rotatable bonds is 6. The fourth-order valence-electron chi connectivity index (χ4n) is 2.20. The summed E-state index contributed by atoms with van der Waals surface area (Å²) in [5.74, 6) is 0.625. The normalized spacial score (nSPS) is 23.2. The van der Waals surface area contributed by atoms with Crippen LogP contribution in [0, 0.1) is 5.92 Å². The van der Waals surface area contributed by atoms with Crippen molar-refractivity contribution >= 4 is 5.91 Å². The van der Waals surface area contributed by atoms with E-state index in [9.17, 15) is 9.90 Å². The number of hydrogen-bond acceptors (Lipinski definition) is 3. The molecule has 2 unspecified atom stereocenters. The first-order valence-electron chi connectivity index (χ1n) is 6.41. The fraction of sp³-hybridized carbons (Fsp3) is 0.923. The van der Waals surface area contributed by atoms with Crippen LogP contribution in [0.5, 0.6) is 0 Å². The first-order chi connectivity index (χ1) is 7.90. The highest BCUT2D eigenvalue weighted by molar-refractivity contribution is 5.78. The maximum absolute atomic E-state index is 11.8. The lowest BCUT2D eigenvalue weighted by atomic mass is 10.0. The summed E-state index contributed by atoms with van der Waals surface area (Å²) in [5.41, 5.74) is -0.608. The number of β-amino-alcohol motifs (C(OH)–C–C–N with tert-alkyl or cyclic N) is 1. The van der Waals surface area contributed by atoms with Crippen molar-refractivity contribution in [3.05, 3.63) is 0 Å².